The smallest absolute Gasteiger partial charge is 0.314 e. The Labute approximate surface area is 122 Å². The van der Waals surface area contributed by atoms with E-state index < -0.39 is 0 Å². The molecule has 3 rings (SSSR count). The second-order valence-electron chi connectivity index (χ2n) is 7.08. The average Bonchev–Trinajstić information content (AvgIpc) is 2.85. The number of urea groups is 1. The van der Waals surface area contributed by atoms with Gasteiger partial charge in [-0.25, -0.2) is 4.79 Å². The Morgan fingerprint density at radius 3 is 2.20 bits per heavy atom. The van der Waals surface area contributed by atoms with Crippen LogP contribution in [0.2, 0.25) is 0 Å². The van der Waals surface area contributed by atoms with E-state index in [0.29, 0.717) is 5.41 Å². The Morgan fingerprint density at radius 1 is 1.05 bits per heavy atom. The highest BCUT2D eigenvalue weighted by atomic mass is 16.2. The lowest BCUT2D eigenvalue weighted by Crippen LogP contribution is -2.49. The fourth-order valence-electron chi connectivity index (χ4n) is 4.25. The molecule has 0 bridgehead atoms. The van der Waals surface area contributed by atoms with Gasteiger partial charge in [0.1, 0.15) is 0 Å². The van der Waals surface area contributed by atoms with Gasteiger partial charge in [0.25, 0.3) is 0 Å². The maximum atomic E-state index is 11.3. The van der Waals surface area contributed by atoms with E-state index in [1.165, 1.54) is 51.9 Å². The molecule has 5 nitrogen and oxygen atoms in total. The predicted molar refractivity (Wildman–Crippen MR) is 79.5 cm³/mol. The van der Waals surface area contributed by atoms with Crippen molar-refractivity contribution in [3.8, 4) is 0 Å². The van der Waals surface area contributed by atoms with E-state index in [2.05, 4.69) is 16.8 Å². The summed E-state index contributed by atoms with van der Waals surface area (Å²) in [5, 5.41) is 0. The number of primary amides is 1. The summed E-state index contributed by atoms with van der Waals surface area (Å²) in [6, 6.07) is 0.553. The van der Waals surface area contributed by atoms with Gasteiger partial charge >= 0.3 is 6.03 Å². The van der Waals surface area contributed by atoms with E-state index in [9.17, 15) is 4.79 Å². The van der Waals surface area contributed by atoms with E-state index in [4.69, 9.17) is 5.73 Å². The number of likely N-dealkylation sites (tertiary alicyclic amines) is 3. The van der Waals surface area contributed by atoms with Crippen LogP contribution in [0.1, 0.15) is 32.1 Å². The van der Waals surface area contributed by atoms with Crippen molar-refractivity contribution in [2.75, 3.05) is 46.3 Å². The number of hydrogen-bond acceptors (Lipinski definition) is 3. The maximum Gasteiger partial charge on any atom is 0.314 e. The SMILES string of the molecule is CN1CCC(N2CCC3(CCN(C(N)=O)C3)CC2)CC1. The summed E-state index contributed by atoms with van der Waals surface area (Å²) in [5.74, 6) is 0. The van der Waals surface area contributed by atoms with Crippen molar-refractivity contribution in [1.82, 2.24) is 14.7 Å². The molecule has 0 radical (unpaired) electrons. The summed E-state index contributed by atoms with van der Waals surface area (Å²) >= 11 is 0. The van der Waals surface area contributed by atoms with E-state index in [-0.39, 0.29) is 6.03 Å². The first kappa shape index (κ1) is 14.1. The van der Waals surface area contributed by atoms with Gasteiger partial charge < -0.3 is 20.4 Å². The van der Waals surface area contributed by atoms with Crippen LogP contribution in [-0.2, 0) is 0 Å². The van der Waals surface area contributed by atoms with Crippen molar-refractivity contribution in [2.45, 2.75) is 38.1 Å². The molecule has 0 aromatic carbocycles. The molecule has 0 unspecified atom stereocenters. The minimum absolute atomic E-state index is 0.236. The third kappa shape index (κ3) is 2.79. The van der Waals surface area contributed by atoms with Gasteiger partial charge in [-0.3, -0.25) is 0 Å². The Balaban J connectivity index is 1.51. The quantitative estimate of drug-likeness (QED) is 0.778. The topological polar surface area (TPSA) is 52.8 Å². The molecule has 5 heteroatoms. The number of carbonyl (C=O) groups is 1. The molecule has 0 aromatic rings. The van der Waals surface area contributed by atoms with Gasteiger partial charge in [-0.1, -0.05) is 0 Å². The largest absolute Gasteiger partial charge is 0.351 e. The molecule has 114 valence electrons. The zero-order valence-corrected chi connectivity index (χ0v) is 12.7. The third-order valence-electron chi connectivity index (χ3n) is 5.81. The van der Waals surface area contributed by atoms with Crippen molar-refractivity contribution in [3.05, 3.63) is 0 Å². The maximum absolute atomic E-state index is 11.3. The molecule has 0 aliphatic carbocycles. The second-order valence-corrected chi connectivity index (χ2v) is 7.08. The van der Waals surface area contributed by atoms with Crippen LogP contribution in [0.4, 0.5) is 4.79 Å². The fraction of sp³-hybridized carbons (Fsp3) is 0.933. The number of nitrogens with zero attached hydrogens (tertiary/aromatic N) is 3. The summed E-state index contributed by atoms with van der Waals surface area (Å²) in [5.41, 5.74) is 5.79. The second kappa shape index (κ2) is 5.53. The van der Waals surface area contributed by atoms with E-state index >= 15 is 0 Å². The van der Waals surface area contributed by atoms with Crippen molar-refractivity contribution in [3.63, 3.8) is 0 Å². The Bertz CT molecular complexity index is 357. The van der Waals surface area contributed by atoms with Crippen molar-refractivity contribution >= 4 is 6.03 Å². The van der Waals surface area contributed by atoms with Gasteiger partial charge in [-0.15, -0.1) is 0 Å². The molecule has 3 aliphatic heterocycles. The van der Waals surface area contributed by atoms with Crippen LogP contribution in [0.5, 0.6) is 0 Å². The molecule has 3 heterocycles. The molecule has 3 saturated heterocycles. The number of nitrogens with two attached hydrogens (primary N) is 1. The minimum atomic E-state index is -0.236. The summed E-state index contributed by atoms with van der Waals surface area (Å²) in [4.78, 5) is 18.3. The number of piperidine rings is 2. The van der Waals surface area contributed by atoms with Crippen LogP contribution in [0.25, 0.3) is 0 Å². The first-order valence-corrected chi connectivity index (χ1v) is 8.05. The number of rotatable bonds is 1. The molecule has 20 heavy (non-hydrogen) atoms. The molecule has 2 amide bonds. The normalized spacial score (nSPS) is 29.1. The van der Waals surface area contributed by atoms with Crippen LogP contribution in [-0.4, -0.2) is 73.1 Å². The first-order chi connectivity index (χ1) is 9.58. The van der Waals surface area contributed by atoms with Gasteiger partial charge in [0.2, 0.25) is 0 Å². The number of carbonyl (C=O) groups excluding carboxylic acids is 1. The Morgan fingerprint density at radius 2 is 1.65 bits per heavy atom. The molecule has 3 aliphatic rings. The summed E-state index contributed by atoms with van der Waals surface area (Å²) in [6.45, 7) is 6.65. The molecule has 2 N–H and O–H groups in total. The third-order valence-corrected chi connectivity index (χ3v) is 5.81. The molecular weight excluding hydrogens is 252 g/mol. The standard InChI is InChI=1S/C15H28N4O/c1-17-7-2-13(3-8-17)18-9-4-15(5-10-18)6-11-19(12-15)14(16)20/h13H,2-12H2,1H3,(H2,16,20). The monoisotopic (exact) mass is 280 g/mol. The van der Waals surface area contributed by atoms with E-state index in [1.54, 1.807) is 0 Å². The van der Waals surface area contributed by atoms with E-state index in [0.717, 1.165) is 25.6 Å². The van der Waals surface area contributed by atoms with Crippen LogP contribution < -0.4 is 5.73 Å². The van der Waals surface area contributed by atoms with Crippen LogP contribution in [0.3, 0.4) is 0 Å². The van der Waals surface area contributed by atoms with Gasteiger partial charge in [0, 0.05) is 19.1 Å². The summed E-state index contributed by atoms with van der Waals surface area (Å²) < 4.78 is 0. The van der Waals surface area contributed by atoms with Gasteiger partial charge in [0.05, 0.1) is 0 Å². The highest BCUT2D eigenvalue weighted by Crippen LogP contribution is 2.41. The summed E-state index contributed by atoms with van der Waals surface area (Å²) in [6.07, 6.45) is 6.26. The number of hydrogen-bond donors (Lipinski definition) is 1. The average molecular weight is 280 g/mol. The molecule has 1 spiro atoms. The fourth-order valence-corrected chi connectivity index (χ4v) is 4.25. The van der Waals surface area contributed by atoms with E-state index in [1.807, 2.05) is 4.90 Å². The highest BCUT2D eigenvalue weighted by molar-refractivity contribution is 5.72. The molecule has 3 fully saturated rings. The minimum Gasteiger partial charge on any atom is -0.351 e. The van der Waals surface area contributed by atoms with Crippen LogP contribution >= 0.6 is 0 Å². The van der Waals surface area contributed by atoms with Crippen molar-refractivity contribution in [2.24, 2.45) is 11.1 Å². The Kier molecular flexibility index (Phi) is 3.91. The first-order valence-electron chi connectivity index (χ1n) is 8.05. The van der Waals surface area contributed by atoms with Crippen LogP contribution in [0, 0.1) is 5.41 Å². The highest BCUT2D eigenvalue weighted by Gasteiger charge is 2.42. The van der Waals surface area contributed by atoms with Gasteiger partial charge in [0.15, 0.2) is 0 Å². The van der Waals surface area contributed by atoms with Gasteiger partial charge in [-0.05, 0) is 70.7 Å². The van der Waals surface area contributed by atoms with Crippen molar-refractivity contribution in [1.29, 1.82) is 0 Å². The lowest BCUT2D eigenvalue weighted by atomic mass is 9.77. The zero-order valence-electron chi connectivity index (χ0n) is 12.7. The lowest BCUT2D eigenvalue weighted by Gasteiger charge is -2.44. The number of amides is 2. The summed E-state index contributed by atoms with van der Waals surface area (Å²) in [7, 11) is 2.22. The lowest BCUT2D eigenvalue weighted by molar-refractivity contribution is 0.0519. The molecule has 0 saturated carbocycles. The van der Waals surface area contributed by atoms with Gasteiger partial charge in [-0.2, -0.15) is 0 Å². The Hall–Kier alpha value is -0.810. The molecular formula is C15H28N4O. The predicted octanol–water partition coefficient (Wildman–Crippen LogP) is 0.947. The van der Waals surface area contributed by atoms with Crippen molar-refractivity contribution < 1.29 is 4.79 Å². The zero-order chi connectivity index (χ0) is 14.2. The molecule has 0 atom stereocenters. The van der Waals surface area contributed by atoms with Crippen LogP contribution in [0.15, 0.2) is 0 Å². The molecule has 0 aromatic heterocycles.